The van der Waals surface area contributed by atoms with E-state index in [9.17, 15) is 29.7 Å². The molecule has 1 saturated heterocycles. The Kier molecular flexibility index (Phi) is 9.28. The number of hydrogen-bond donors (Lipinski definition) is 5. The maximum atomic E-state index is 14.0. The minimum atomic E-state index is -1.18. The highest BCUT2D eigenvalue weighted by Gasteiger charge is 2.57. The highest BCUT2D eigenvalue weighted by Crippen LogP contribution is 2.61. The number of carbonyl (C=O) groups excluding carboxylic acids is 2. The summed E-state index contributed by atoms with van der Waals surface area (Å²) in [5.41, 5.74) is 2.04. The first kappa shape index (κ1) is 32.9. The molecule has 2 amide bonds. The van der Waals surface area contributed by atoms with Crippen molar-refractivity contribution in [3.05, 3.63) is 53.1 Å². The summed E-state index contributed by atoms with van der Waals surface area (Å²) in [7, 11) is 2.96. The number of hydrogen-bond acceptors (Lipinski definition) is 8. The van der Waals surface area contributed by atoms with Crippen LogP contribution in [0.2, 0.25) is 0 Å². The number of benzene rings is 2. The SMILES string of the molecule is CNC(=O)c1cc(C(=O)O)cc(-c2cccc(CN3O[C@@H](CO)[C@@H]([C@H](C)O)[C@H]3C(=O)N[C@H]3C[C@H]4C[C@@H]([C@@H]3C)C4(C)C)c2OC)c1. The smallest absolute Gasteiger partial charge is 0.335 e. The van der Waals surface area contributed by atoms with Gasteiger partial charge >= 0.3 is 5.97 Å². The minimum Gasteiger partial charge on any atom is -0.496 e. The van der Waals surface area contributed by atoms with Gasteiger partial charge in [0.1, 0.15) is 17.9 Å². The third kappa shape index (κ3) is 5.94. The molecule has 0 radical (unpaired) electrons. The largest absolute Gasteiger partial charge is 0.496 e. The van der Waals surface area contributed by atoms with Gasteiger partial charge in [-0.15, -0.1) is 0 Å². The normalized spacial score (nSPS) is 29.4. The lowest BCUT2D eigenvalue weighted by Gasteiger charge is -2.62. The van der Waals surface area contributed by atoms with Gasteiger partial charge in [-0.1, -0.05) is 39.0 Å². The Morgan fingerprint density at radius 3 is 2.44 bits per heavy atom. The second kappa shape index (κ2) is 12.7. The van der Waals surface area contributed by atoms with E-state index >= 15 is 0 Å². The summed E-state index contributed by atoms with van der Waals surface area (Å²) in [5.74, 6) is -0.746. The summed E-state index contributed by atoms with van der Waals surface area (Å²) in [6, 6.07) is 8.85. The summed E-state index contributed by atoms with van der Waals surface area (Å²) < 4.78 is 5.83. The summed E-state index contributed by atoms with van der Waals surface area (Å²) >= 11 is 0. The first-order chi connectivity index (χ1) is 21.3. The van der Waals surface area contributed by atoms with E-state index in [0.29, 0.717) is 40.2 Å². The number of nitrogens with zero attached hydrogens (tertiary/aromatic N) is 1. The van der Waals surface area contributed by atoms with Gasteiger partial charge in [0, 0.05) is 35.7 Å². The van der Waals surface area contributed by atoms with E-state index in [0.717, 1.165) is 6.42 Å². The molecule has 0 unspecified atom stereocenters. The molecule has 0 aromatic heterocycles. The Labute approximate surface area is 263 Å². The zero-order chi connectivity index (χ0) is 32.8. The number of rotatable bonds is 10. The molecule has 4 fully saturated rings. The maximum absolute atomic E-state index is 14.0. The highest BCUT2D eigenvalue weighted by atomic mass is 16.7. The van der Waals surface area contributed by atoms with Crippen LogP contribution in [0.5, 0.6) is 5.75 Å². The van der Waals surface area contributed by atoms with Crippen LogP contribution in [-0.2, 0) is 16.2 Å². The van der Waals surface area contributed by atoms with Crippen molar-refractivity contribution in [1.29, 1.82) is 0 Å². The van der Waals surface area contributed by atoms with Crippen LogP contribution in [0.4, 0.5) is 0 Å². The number of carboxylic acid groups (broad SMARTS) is 1. The summed E-state index contributed by atoms with van der Waals surface area (Å²) in [6.07, 6.45) is 0.344. The lowest BCUT2D eigenvalue weighted by molar-refractivity contribution is -0.183. The van der Waals surface area contributed by atoms with Gasteiger partial charge in [0.2, 0.25) is 5.91 Å². The van der Waals surface area contributed by atoms with Crippen molar-refractivity contribution in [2.75, 3.05) is 20.8 Å². The number of ether oxygens (including phenoxy) is 1. The number of para-hydroxylation sites is 1. The van der Waals surface area contributed by atoms with Crippen LogP contribution in [-0.4, -0.2) is 83.2 Å². The molecule has 244 valence electrons. The maximum Gasteiger partial charge on any atom is 0.335 e. The van der Waals surface area contributed by atoms with Crippen LogP contribution < -0.4 is 15.4 Å². The number of methoxy groups -OCH3 is 1. The lowest BCUT2D eigenvalue weighted by Crippen LogP contribution is -2.62. The fourth-order valence-corrected chi connectivity index (χ4v) is 8.01. The monoisotopic (exact) mass is 623 g/mol. The Hall–Kier alpha value is -3.51. The second-order valence-electron chi connectivity index (χ2n) is 13.4. The van der Waals surface area contributed by atoms with Crippen molar-refractivity contribution in [3.63, 3.8) is 0 Å². The van der Waals surface area contributed by atoms with Gasteiger partial charge in [-0.05, 0) is 66.7 Å². The molecule has 4 aliphatic rings. The number of hydroxylamine groups is 2. The van der Waals surface area contributed by atoms with Gasteiger partial charge < -0.3 is 30.7 Å². The lowest BCUT2D eigenvalue weighted by atomic mass is 9.45. The molecule has 45 heavy (non-hydrogen) atoms. The van der Waals surface area contributed by atoms with Gasteiger partial charge in [0.05, 0.1) is 31.9 Å². The van der Waals surface area contributed by atoms with E-state index in [1.54, 1.807) is 25.1 Å². The molecule has 6 rings (SSSR count). The van der Waals surface area contributed by atoms with Crippen LogP contribution in [0.3, 0.4) is 0 Å². The zero-order valence-corrected chi connectivity index (χ0v) is 26.7. The van der Waals surface area contributed by atoms with Crippen LogP contribution >= 0.6 is 0 Å². The molecule has 1 aliphatic heterocycles. The molecule has 11 heteroatoms. The van der Waals surface area contributed by atoms with Crippen molar-refractivity contribution >= 4 is 17.8 Å². The fourth-order valence-electron chi connectivity index (χ4n) is 8.01. The van der Waals surface area contributed by atoms with E-state index in [4.69, 9.17) is 9.57 Å². The number of aliphatic hydroxyl groups excluding tert-OH is 2. The van der Waals surface area contributed by atoms with Crippen molar-refractivity contribution < 1.29 is 39.3 Å². The molecule has 2 bridgehead atoms. The molecule has 11 nitrogen and oxygen atoms in total. The van der Waals surface area contributed by atoms with E-state index in [1.165, 1.54) is 37.8 Å². The van der Waals surface area contributed by atoms with Gasteiger partial charge in [-0.25, -0.2) is 4.79 Å². The second-order valence-corrected chi connectivity index (χ2v) is 13.4. The minimum absolute atomic E-state index is 0.00726. The zero-order valence-electron chi connectivity index (χ0n) is 26.7. The molecular formula is C34H45N3O8. The number of amides is 2. The number of aromatic carboxylic acids is 1. The topological polar surface area (TPSA) is 158 Å². The number of aliphatic hydroxyl groups is 2. The molecule has 8 atom stereocenters. The molecule has 0 spiro atoms. The molecule has 3 aliphatic carbocycles. The van der Waals surface area contributed by atoms with Gasteiger partial charge in [0.15, 0.2) is 0 Å². The predicted molar refractivity (Wildman–Crippen MR) is 166 cm³/mol. The molecule has 5 N–H and O–H groups in total. The van der Waals surface area contributed by atoms with E-state index in [1.807, 2.05) is 6.07 Å². The van der Waals surface area contributed by atoms with Gasteiger partial charge in [-0.2, -0.15) is 5.06 Å². The van der Waals surface area contributed by atoms with E-state index < -0.39 is 36.0 Å². The third-order valence-corrected chi connectivity index (χ3v) is 10.7. The molecule has 2 aromatic carbocycles. The van der Waals surface area contributed by atoms with Gasteiger partial charge in [-0.3, -0.25) is 14.4 Å². The average molecular weight is 624 g/mol. The van der Waals surface area contributed by atoms with Gasteiger partial charge in [0.25, 0.3) is 5.91 Å². The van der Waals surface area contributed by atoms with Crippen molar-refractivity contribution in [2.24, 2.45) is 29.1 Å². The molecule has 1 heterocycles. The summed E-state index contributed by atoms with van der Waals surface area (Å²) in [5, 5.41) is 38.0. The first-order valence-electron chi connectivity index (χ1n) is 15.6. The summed E-state index contributed by atoms with van der Waals surface area (Å²) in [4.78, 5) is 44.5. The van der Waals surface area contributed by atoms with E-state index in [2.05, 4.69) is 31.4 Å². The number of carbonyl (C=O) groups is 3. The van der Waals surface area contributed by atoms with Crippen LogP contribution in [0.1, 0.15) is 66.8 Å². The first-order valence-corrected chi connectivity index (χ1v) is 15.6. The Morgan fingerprint density at radius 2 is 1.87 bits per heavy atom. The number of carboxylic acids is 1. The standard InChI is InChI=1S/C34H45N3O8/c1-17-25-13-23(34(25,3)4)14-26(17)36-32(41)29-28(18(2)39)27(16-38)45-37(29)15-19-8-7-9-24(30(19)44-6)20-10-21(31(40)35-5)12-22(11-20)33(42)43/h7-12,17-18,23,25-29,38-39H,13-16H2,1-6H3,(H,35,40)(H,36,41)(H,42,43)/t17-,18-,23+,25-,26-,27-,28+,29-/m0/s1. The van der Waals surface area contributed by atoms with Crippen molar-refractivity contribution in [2.45, 2.75) is 71.4 Å². The Balaban J connectivity index is 1.47. The number of fused-ring (bicyclic) bond motifs is 2. The quantitative estimate of drug-likeness (QED) is 0.268. The molecular weight excluding hydrogens is 578 g/mol. The fraction of sp³-hybridized carbons (Fsp3) is 0.559. The van der Waals surface area contributed by atoms with E-state index in [-0.39, 0.29) is 41.6 Å². The molecule has 2 aromatic rings. The highest BCUT2D eigenvalue weighted by molar-refractivity contribution is 5.99. The van der Waals surface area contributed by atoms with Crippen LogP contribution in [0.15, 0.2) is 36.4 Å². The van der Waals surface area contributed by atoms with Crippen LogP contribution in [0.25, 0.3) is 11.1 Å². The average Bonchev–Trinajstić information content (AvgIpc) is 3.39. The Bertz CT molecular complexity index is 1460. The summed E-state index contributed by atoms with van der Waals surface area (Å²) in [6.45, 7) is 8.11. The number of nitrogens with one attached hydrogen (secondary N) is 2. The van der Waals surface area contributed by atoms with Crippen molar-refractivity contribution in [3.8, 4) is 16.9 Å². The van der Waals surface area contributed by atoms with Crippen LogP contribution in [0, 0.1) is 29.1 Å². The molecule has 3 saturated carbocycles. The predicted octanol–water partition coefficient (Wildman–Crippen LogP) is 3.08. The van der Waals surface area contributed by atoms with Crippen molar-refractivity contribution in [1.82, 2.24) is 15.7 Å². The Morgan fingerprint density at radius 1 is 1.16 bits per heavy atom. The third-order valence-electron chi connectivity index (χ3n) is 10.7.